The first kappa shape index (κ1) is 17.4. The van der Waals surface area contributed by atoms with E-state index in [1.54, 1.807) is 18.2 Å². The van der Waals surface area contributed by atoms with Gasteiger partial charge in [-0.05, 0) is 31.2 Å². The minimum atomic E-state index is -3.75. The fourth-order valence-electron chi connectivity index (χ4n) is 2.69. The van der Waals surface area contributed by atoms with E-state index in [0.29, 0.717) is 11.3 Å². The van der Waals surface area contributed by atoms with E-state index in [1.807, 2.05) is 28.2 Å². The summed E-state index contributed by atoms with van der Waals surface area (Å²) in [5.41, 5.74) is 2.50. The molecule has 4 rings (SSSR count). The van der Waals surface area contributed by atoms with Gasteiger partial charge in [0.25, 0.3) is 10.0 Å². The van der Waals surface area contributed by atoms with Gasteiger partial charge in [0.05, 0.1) is 10.6 Å². The summed E-state index contributed by atoms with van der Waals surface area (Å²) < 4.78 is 29.7. The minimum Gasteiger partial charge on any atom is -0.297 e. The number of sulfonamides is 1. The highest BCUT2D eigenvalue weighted by atomic mass is 32.2. The Morgan fingerprint density at radius 3 is 2.63 bits per heavy atom. The molecule has 27 heavy (non-hydrogen) atoms. The number of ketones is 1. The number of fused-ring (bicyclic) bond motifs is 1. The van der Waals surface area contributed by atoms with Crippen LogP contribution in [0.25, 0.3) is 16.2 Å². The predicted octanol–water partition coefficient (Wildman–Crippen LogP) is 4.07. The Balaban J connectivity index is 1.62. The van der Waals surface area contributed by atoms with Crippen molar-refractivity contribution >= 4 is 37.8 Å². The molecule has 8 heteroatoms. The molecule has 0 aliphatic rings. The molecule has 136 valence electrons. The molecule has 1 N–H and O–H groups in total. The molecule has 0 aliphatic heterocycles. The van der Waals surface area contributed by atoms with Gasteiger partial charge in [-0.25, -0.2) is 13.4 Å². The molecule has 0 atom stereocenters. The number of hydrogen-bond acceptors (Lipinski definition) is 5. The molecule has 0 saturated carbocycles. The number of benzene rings is 2. The van der Waals surface area contributed by atoms with Gasteiger partial charge in [0.1, 0.15) is 0 Å². The van der Waals surface area contributed by atoms with Crippen LogP contribution in [0.4, 0.5) is 5.69 Å². The Morgan fingerprint density at radius 1 is 1.15 bits per heavy atom. The maximum Gasteiger partial charge on any atom is 0.261 e. The van der Waals surface area contributed by atoms with Gasteiger partial charge in [0, 0.05) is 34.6 Å². The number of hydrogen-bond donors (Lipinski definition) is 1. The third-order valence-corrected chi connectivity index (χ3v) is 6.24. The summed E-state index contributed by atoms with van der Waals surface area (Å²) in [4.78, 5) is 16.9. The average molecular weight is 397 g/mol. The largest absolute Gasteiger partial charge is 0.297 e. The van der Waals surface area contributed by atoms with Crippen molar-refractivity contribution in [1.29, 1.82) is 0 Å². The molecular weight excluding hydrogens is 382 g/mol. The lowest BCUT2D eigenvalue weighted by Crippen LogP contribution is -2.13. The molecule has 0 bridgehead atoms. The van der Waals surface area contributed by atoms with Gasteiger partial charge < -0.3 is 0 Å². The Bertz CT molecular complexity index is 1210. The van der Waals surface area contributed by atoms with Crippen LogP contribution in [0.5, 0.6) is 0 Å². The van der Waals surface area contributed by atoms with Gasteiger partial charge in [-0.2, -0.15) is 0 Å². The molecule has 0 fully saturated rings. The highest BCUT2D eigenvalue weighted by Gasteiger charge is 2.15. The summed E-state index contributed by atoms with van der Waals surface area (Å²) in [6.07, 6.45) is 3.83. The van der Waals surface area contributed by atoms with E-state index in [1.165, 1.54) is 42.5 Å². The van der Waals surface area contributed by atoms with E-state index in [-0.39, 0.29) is 10.7 Å². The van der Waals surface area contributed by atoms with Crippen LogP contribution in [-0.2, 0) is 10.0 Å². The third kappa shape index (κ3) is 3.49. The van der Waals surface area contributed by atoms with Gasteiger partial charge >= 0.3 is 0 Å². The molecule has 0 radical (unpaired) electrons. The average Bonchev–Trinajstić information content (AvgIpc) is 3.23. The smallest absolute Gasteiger partial charge is 0.261 e. The number of carbonyl (C=O) groups is 1. The SMILES string of the molecule is CC(=O)c1ccc(S(=O)(=O)Nc2cccc(-c3cn4ccsc4n3)c2)cc1. The van der Waals surface area contributed by atoms with Crippen molar-refractivity contribution in [3.63, 3.8) is 0 Å². The first-order valence-electron chi connectivity index (χ1n) is 8.09. The van der Waals surface area contributed by atoms with Crippen molar-refractivity contribution < 1.29 is 13.2 Å². The summed E-state index contributed by atoms with van der Waals surface area (Å²) in [6.45, 7) is 1.44. The zero-order valence-corrected chi connectivity index (χ0v) is 15.9. The molecule has 2 aromatic carbocycles. The van der Waals surface area contributed by atoms with E-state index < -0.39 is 10.0 Å². The summed E-state index contributed by atoms with van der Waals surface area (Å²) in [5, 5.41) is 1.95. The van der Waals surface area contributed by atoms with E-state index in [4.69, 9.17) is 0 Å². The number of rotatable bonds is 5. The second-order valence-corrected chi connectivity index (χ2v) is 8.54. The zero-order valence-electron chi connectivity index (χ0n) is 14.3. The summed E-state index contributed by atoms with van der Waals surface area (Å²) in [5.74, 6) is -0.111. The van der Waals surface area contributed by atoms with Crippen LogP contribution in [0.2, 0.25) is 0 Å². The number of thiazole rings is 1. The number of Topliss-reactive ketones (excluding diaryl/α,β-unsaturated/α-hetero) is 1. The molecular formula is C19H15N3O3S2. The van der Waals surface area contributed by atoms with Gasteiger partial charge in [-0.15, -0.1) is 11.3 Å². The van der Waals surface area contributed by atoms with Gasteiger partial charge in [0.15, 0.2) is 10.7 Å². The topological polar surface area (TPSA) is 80.5 Å². The maximum absolute atomic E-state index is 12.6. The fraction of sp³-hybridized carbons (Fsp3) is 0.0526. The van der Waals surface area contributed by atoms with E-state index >= 15 is 0 Å². The summed E-state index contributed by atoms with van der Waals surface area (Å²) in [6, 6.07) is 12.9. The number of anilines is 1. The van der Waals surface area contributed by atoms with Gasteiger partial charge in [-0.3, -0.25) is 13.9 Å². The monoisotopic (exact) mass is 397 g/mol. The number of nitrogens with one attached hydrogen (secondary N) is 1. The highest BCUT2D eigenvalue weighted by Crippen LogP contribution is 2.25. The Morgan fingerprint density at radius 2 is 1.93 bits per heavy atom. The molecule has 0 spiro atoms. The molecule has 4 aromatic rings. The van der Waals surface area contributed by atoms with Crippen LogP contribution in [0.3, 0.4) is 0 Å². The van der Waals surface area contributed by atoms with Crippen LogP contribution in [0.1, 0.15) is 17.3 Å². The van der Waals surface area contributed by atoms with Crippen LogP contribution in [0.15, 0.2) is 71.2 Å². The Hall–Kier alpha value is -2.97. The van der Waals surface area contributed by atoms with Crippen LogP contribution in [0, 0.1) is 0 Å². The van der Waals surface area contributed by atoms with Gasteiger partial charge in [0.2, 0.25) is 0 Å². The van der Waals surface area contributed by atoms with Crippen LogP contribution >= 0.6 is 11.3 Å². The van der Waals surface area contributed by atoms with Crippen molar-refractivity contribution in [3.05, 3.63) is 71.9 Å². The molecule has 6 nitrogen and oxygen atoms in total. The second-order valence-electron chi connectivity index (χ2n) is 5.99. The predicted molar refractivity (Wildman–Crippen MR) is 106 cm³/mol. The number of nitrogens with zero attached hydrogens (tertiary/aromatic N) is 2. The first-order valence-corrected chi connectivity index (χ1v) is 10.5. The fourth-order valence-corrected chi connectivity index (χ4v) is 4.44. The lowest BCUT2D eigenvalue weighted by molar-refractivity contribution is 0.101. The van der Waals surface area contributed by atoms with Crippen molar-refractivity contribution in [2.75, 3.05) is 4.72 Å². The van der Waals surface area contributed by atoms with E-state index in [0.717, 1.165) is 16.2 Å². The number of aromatic nitrogens is 2. The standard InChI is InChI=1S/C19H15N3O3S2/c1-13(23)14-5-7-17(8-6-14)27(24,25)21-16-4-2-3-15(11-16)18-12-22-9-10-26-19(22)20-18/h2-12,21H,1H3. The Kier molecular flexibility index (Phi) is 4.29. The molecule has 0 saturated heterocycles. The second kappa shape index (κ2) is 6.64. The van der Waals surface area contributed by atoms with Crippen molar-refractivity contribution in [2.45, 2.75) is 11.8 Å². The van der Waals surface area contributed by atoms with Crippen molar-refractivity contribution in [1.82, 2.24) is 9.38 Å². The molecule has 2 heterocycles. The lowest BCUT2D eigenvalue weighted by atomic mass is 10.1. The molecule has 0 aliphatic carbocycles. The third-order valence-electron chi connectivity index (χ3n) is 4.07. The maximum atomic E-state index is 12.6. The quantitative estimate of drug-likeness (QED) is 0.515. The van der Waals surface area contributed by atoms with Crippen molar-refractivity contribution in [2.24, 2.45) is 0 Å². The first-order chi connectivity index (χ1) is 12.9. The van der Waals surface area contributed by atoms with Crippen LogP contribution < -0.4 is 4.72 Å². The summed E-state index contributed by atoms with van der Waals surface area (Å²) >= 11 is 1.53. The van der Waals surface area contributed by atoms with Crippen LogP contribution in [-0.4, -0.2) is 23.6 Å². The van der Waals surface area contributed by atoms with E-state index in [9.17, 15) is 13.2 Å². The minimum absolute atomic E-state index is 0.0976. The number of carbonyl (C=O) groups excluding carboxylic acids is 1. The zero-order chi connectivity index (χ0) is 19.0. The molecule has 0 unspecified atom stereocenters. The summed E-state index contributed by atoms with van der Waals surface area (Å²) in [7, 11) is -3.75. The van der Waals surface area contributed by atoms with E-state index in [2.05, 4.69) is 9.71 Å². The highest BCUT2D eigenvalue weighted by molar-refractivity contribution is 7.92. The Labute approximate surface area is 160 Å². The molecule has 0 amide bonds. The lowest BCUT2D eigenvalue weighted by Gasteiger charge is -2.09. The van der Waals surface area contributed by atoms with Crippen molar-refractivity contribution in [3.8, 4) is 11.3 Å². The number of imidazole rings is 1. The molecule has 2 aromatic heterocycles. The normalized spacial score (nSPS) is 11.6. The van der Waals surface area contributed by atoms with Gasteiger partial charge in [-0.1, -0.05) is 24.3 Å².